The van der Waals surface area contributed by atoms with E-state index < -0.39 is 0 Å². The minimum atomic E-state index is -0.206. The molecule has 2 aromatic rings. The molecule has 1 aliphatic carbocycles. The maximum absolute atomic E-state index is 11.9. The van der Waals surface area contributed by atoms with Crippen molar-refractivity contribution in [3.05, 3.63) is 36.0 Å². The van der Waals surface area contributed by atoms with E-state index in [1.807, 2.05) is 24.4 Å². The van der Waals surface area contributed by atoms with E-state index in [0.29, 0.717) is 12.0 Å². The highest BCUT2D eigenvalue weighted by molar-refractivity contribution is 5.86. The van der Waals surface area contributed by atoms with Gasteiger partial charge in [-0.25, -0.2) is 0 Å². The number of aromatic nitrogens is 1. The molecule has 0 radical (unpaired) electrons. The van der Waals surface area contributed by atoms with Crippen molar-refractivity contribution < 1.29 is 4.79 Å². The van der Waals surface area contributed by atoms with Gasteiger partial charge in [-0.2, -0.15) is 0 Å². The lowest BCUT2D eigenvalue weighted by Gasteiger charge is -2.42. The third-order valence-electron chi connectivity index (χ3n) is 4.59. The van der Waals surface area contributed by atoms with Crippen LogP contribution < -0.4 is 5.73 Å². The fraction of sp³-hybridized carbons (Fsp3) is 0.438. The molecule has 1 fully saturated rings. The molecule has 1 aliphatic rings. The van der Waals surface area contributed by atoms with Gasteiger partial charge in [0.05, 0.1) is 5.92 Å². The molecule has 1 heterocycles. The maximum atomic E-state index is 11.9. The number of H-pyrrole nitrogens is 1. The summed E-state index contributed by atoms with van der Waals surface area (Å²) in [6.07, 6.45) is 4.01. The van der Waals surface area contributed by atoms with Crippen molar-refractivity contribution in [2.45, 2.75) is 24.8 Å². The van der Waals surface area contributed by atoms with Crippen molar-refractivity contribution in [2.75, 3.05) is 14.1 Å². The molecule has 3 rings (SSSR count). The van der Waals surface area contributed by atoms with Crippen LogP contribution in [0.3, 0.4) is 0 Å². The number of nitrogens with two attached hydrogens (primary N) is 1. The first-order valence-corrected chi connectivity index (χ1v) is 7.09. The van der Waals surface area contributed by atoms with E-state index in [9.17, 15) is 4.79 Å². The van der Waals surface area contributed by atoms with E-state index in [-0.39, 0.29) is 11.8 Å². The number of nitrogens with one attached hydrogen (secondary N) is 1. The van der Waals surface area contributed by atoms with Crippen LogP contribution in [0.15, 0.2) is 30.5 Å². The number of nitrogens with zero attached hydrogens (tertiary/aromatic N) is 1. The van der Waals surface area contributed by atoms with Gasteiger partial charge in [-0.3, -0.25) is 4.79 Å². The second kappa shape index (κ2) is 4.94. The number of hydrogen-bond donors (Lipinski definition) is 2. The van der Waals surface area contributed by atoms with E-state index in [1.165, 1.54) is 0 Å². The molecule has 3 N–H and O–H groups in total. The molecule has 1 unspecified atom stereocenters. The van der Waals surface area contributed by atoms with Crippen LogP contribution >= 0.6 is 0 Å². The van der Waals surface area contributed by atoms with Crippen LogP contribution in [0.5, 0.6) is 0 Å². The summed E-state index contributed by atoms with van der Waals surface area (Å²) >= 11 is 0. The molecular formula is C16H21N3O. The smallest absolute Gasteiger partial charge is 0.225 e. The number of fused-ring (bicyclic) bond motifs is 1. The molecule has 1 aromatic heterocycles. The van der Waals surface area contributed by atoms with Crippen LogP contribution in [-0.4, -0.2) is 35.9 Å². The van der Waals surface area contributed by atoms with Crippen molar-refractivity contribution in [3.8, 4) is 0 Å². The Hall–Kier alpha value is -1.81. The number of hydrogen-bond acceptors (Lipinski definition) is 2. The molecular weight excluding hydrogens is 250 g/mol. The largest absolute Gasteiger partial charge is 0.369 e. The van der Waals surface area contributed by atoms with E-state index in [4.69, 9.17) is 5.73 Å². The Morgan fingerprint density at radius 3 is 2.75 bits per heavy atom. The van der Waals surface area contributed by atoms with Crippen molar-refractivity contribution in [1.29, 1.82) is 0 Å². The highest BCUT2D eigenvalue weighted by atomic mass is 16.1. The van der Waals surface area contributed by atoms with E-state index >= 15 is 0 Å². The van der Waals surface area contributed by atoms with Gasteiger partial charge in [-0.05, 0) is 62.0 Å². The number of primary amides is 1. The Labute approximate surface area is 118 Å². The molecule has 1 atom stereocenters. The lowest BCUT2D eigenvalue weighted by atomic mass is 9.69. The maximum Gasteiger partial charge on any atom is 0.225 e. The van der Waals surface area contributed by atoms with Crippen LogP contribution in [0.4, 0.5) is 0 Å². The minimum Gasteiger partial charge on any atom is -0.369 e. The first kappa shape index (κ1) is 13.2. The highest BCUT2D eigenvalue weighted by Gasteiger charge is 2.39. The Morgan fingerprint density at radius 1 is 1.35 bits per heavy atom. The number of rotatable bonds is 4. The van der Waals surface area contributed by atoms with Gasteiger partial charge in [0.15, 0.2) is 0 Å². The summed E-state index contributed by atoms with van der Waals surface area (Å²) in [6, 6.07) is 8.75. The zero-order valence-corrected chi connectivity index (χ0v) is 12.0. The van der Waals surface area contributed by atoms with Crippen LogP contribution in [0.1, 0.15) is 24.3 Å². The molecule has 0 spiro atoms. The zero-order valence-electron chi connectivity index (χ0n) is 12.0. The molecule has 0 bridgehead atoms. The molecule has 1 aromatic carbocycles. The van der Waals surface area contributed by atoms with Crippen LogP contribution in [0, 0.1) is 5.92 Å². The monoisotopic (exact) mass is 271 g/mol. The number of carbonyl (C=O) groups excluding carboxylic acids is 1. The number of amides is 1. The number of aromatic amines is 1. The molecule has 1 amide bonds. The average molecular weight is 271 g/mol. The van der Waals surface area contributed by atoms with Crippen molar-refractivity contribution in [3.63, 3.8) is 0 Å². The summed E-state index contributed by atoms with van der Waals surface area (Å²) in [6.45, 7) is 0. The van der Waals surface area contributed by atoms with E-state index in [0.717, 1.165) is 29.3 Å². The molecule has 1 saturated carbocycles. The average Bonchev–Trinajstić information content (AvgIpc) is 2.78. The summed E-state index contributed by atoms with van der Waals surface area (Å²) in [4.78, 5) is 17.3. The summed E-state index contributed by atoms with van der Waals surface area (Å²) in [5.41, 5.74) is 7.80. The molecule has 4 heteroatoms. The fourth-order valence-corrected chi connectivity index (χ4v) is 3.26. The van der Waals surface area contributed by atoms with Crippen molar-refractivity contribution in [2.24, 2.45) is 11.7 Å². The van der Waals surface area contributed by atoms with Gasteiger partial charge in [0, 0.05) is 17.8 Å². The summed E-state index contributed by atoms with van der Waals surface area (Å²) in [5, 5.41) is 1.14. The molecule has 4 nitrogen and oxygen atoms in total. The Morgan fingerprint density at radius 2 is 2.10 bits per heavy atom. The summed E-state index contributed by atoms with van der Waals surface area (Å²) < 4.78 is 0. The molecule has 20 heavy (non-hydrogen) atoms. The second-order valence-corrected chi connectivity index (χ2v) is 6.05. The predicted octanol–water partition coefficient (Wildman–Crippen LogP) is 2.08. The third-order valence-corrected chi connectivity index (χ3v) is 4.59. The first-order chi connectivity index (χ1) is 9.56. The van der Waals surface area contributed by atoms with Crippen molar-refractivity contribution in [1.82, 2.24) is 9.88 Å². The van der Waals surface area contributed by atoms with Gasteiger partial charge >= 0.3 is 0 Å². The second-order valence-electron chi connectivity index (χ2n) is 6.05. The SMILES string of the molecule is CN(C)C1CC(C(C(N)=O)c2ccc3[nH]ccc3c2)C1. The van der Waals surface area contributed by atoms with E-state index in [2.05, 4.69) is 30.0 Å². The zero-order chi connectivity index (χ0) is 14.3. The normalized spacial score (nSPS) is 23.8. The minimum absolute atomic E-state index is 0.162. The van der Waals surface area contributed by atoms with Gasteiger partial charge < -0.3 is 15.6 Å². The third kappa shape index (κ3) is 2.20. The number of benzene rings is 1. The Kier molecular flexibility index (Phi) is 3.26. The fourth-order valence-electron chi connectivity index (χ4n) is 3.26. The lowest BCUT2D eigenvalue weighted by molar-refractivity contribution is -0.122. The van der Waals surface area contributed by atoms with Gasteiger partial charge in [0.2, 0.25) is 5.91 Å². The van der Waals surface area contributed by atoms with Gasteiger partial charge in [0.1, 0.15) is 0 Å². The predicted molar refractivity (Wildman–Crippen MR) is 80.4 cm³/mol. The standard InChI is InChI=1S/C16H21N3O/c1-19(2)13-8-12(9-13)15(16(17)20)11-3-4-14-10(7-11)5-6-18-14/h3-7,12-13,15,18H,8-9H2,1-2H3,(H2,17,20). The topological polar surface area (TPSA) is 62.1 Å². The van der Waals surface area contributed by atoms with Gasteiger partial charge in [-0.15, -0.1) is 0 Å². The molecule has 0 aliphatic heterocycles. The highest BCUT2D eigenvalue weighted by Crippen LogP contribution is 2.41. The van der Waals surface area contributed by atoms with Crippen LogP contribution in [0.25, 0.3) is 10.9 Å². The van der Waals surface area contributed by atoms with Crippen LogP contribution in [-0.2, 0) is 4.79 Å². The lowest BCUT2D eigenvalue weighted by Crippen LogP contribution is -2.45. The van der Waals surface area contributed by atoms with Gasteiger partial charge in [-0.1, -0.05) is 6.07 Å². The molecule has 0 saturated heterocycles. The van der Waals surface area contributed by atoms with Crippen molar-refractivity contribution >= 4 is 16.8 Å². The van der Waals surface area contributed by atoms with Gasteiger partial charge in [0.25, 0.3) is 0 Å². The Bertz CT molecular complexity index is 625. The van der Waals surface area contributed by atoms with E-state index in [1.54, 1.807) is 0 Å². The summed E-state index contributed by atoms with van der Waals surface area (Å²) in [5.74, 6) is 0.00360. The molecule has 106 valence electrons. The van der Waals surface area contributed by atoms with Crippen LogP contribution in [0.2, 0.25) is 0 Å². The Balaban J connectivity index is 1.85. The number of carbonyl (C=O) groups is 1. The first-order valence-electron chi connectivity index (χ1n) is 7.09. The quantitative estimate of drug-likeness (QED) is 0.894. The summed E-state index contributed by atoms with van der Waals surface area (Å²) in [7, 11) is 4.18.